The lowest BCUT2D eigenvalue weighted by Crippen LogP contribution is -2.48. The number of nitrogens with zero attached hydrogens (tertiary/aromatic N) is 4. The van der Waals surface area contributed by atoms with Crippen molar-refractivity contribution in [2.24, 2.45) is 10.7 Å². The molecule has 0 aromatic carbocycles. The standard InChI is InChI=1S/C18H36N6O2.HI/c1-3-26-18(25)24-12-6-16(7-13-24)21-17(19)20-8-4-10-23-11-5-9-22(2)14-15-23;/h16H,3-15H2,1-2H3,(H3,19,20,21);1H. The second-order valence-corrected chi connectivity index (χ2v) is 7.22. The summed E-state index contributed by atoms with van der Waals surface area (Å²) in [7, 11) is 2.19. The molecule has 0 unspecified atom stereocenters. The number of rotatable bonds is 6. The molecule has 0 spiro atoms. The van der Waals surface area contributed by atoms with Gasteiger partial charge in [0.2, 0.25) is 0 Å². The van der Waals surface area contributed by atoms with Gasteiger partial charge in [-0.25, -0.2) is 4.79 Å². The number of ether oxygens (including phenoxy) is 1. The highest BCUT2D eigenvalue weighted by atomic mass is 127. The third-order valence-corrected chi connectivity index (χ3v) is 5.10. The first-order chi connectivity index (χ1) is 12.6. The quantitative estimate of drug-likeness (QED) is 0.249. The molecule has 27 heavy (non-hydrogen) atoms. The first kappa shape index (κ1) is 24.2. The van der Waals surface area contributed by atoms with Gasteiger partial charge in [0.05, 0.1) is 6.61 Å². The molecule has 2 rings (SSSR count). The van der Waals surface area contributed by atoms with Gasteiger partial charge < -0.3 is 30.5 Å². The normalized spacial score (nSPS) is 20.7. The number of amides is 1. The third-order valence-electron chi connectivity index (χ3n) is 5.10. The van der Waals surface area contributed by atoms with Crippen LogP contribution in [-0.2, 0) is 4.74 Å². The Balaban J connectivity index is 0.00000364. The summed E-state index contributed by atoms with van der Waals surface area (Å²) in [5.41, 5.74) is 6.02. The molecule has 2 heterocycles. The number of nitrogens with one attached hydrogen (secondary N) is 1. The molecule has 2 saturated heterocycles. The fourth-order valence-corrected chi connectivity index (χ4v) is 3.49. The Labute approximate surface area is 180 Å². The van der Waals surface area contributed by atoms with Crippen molar-refractivity contribution in [3.8, 4) is 0 Å². The molecule has 0 atom stereocenters. The average Bonchev–Trinajstić information content (AvgIpc) is 2.84. The van der Waals surface area contributed by atoms with E-state index in [4.69, 9.17) is 10.5 Å². The number of carbonyl (C=O) groups excluding carboxylic acids is 1. The zero-order valence-electron chi connectivity index (χ0n) is 16.9. The van der Waals surface area contributed by atoms with E-state index in [0.717, 1.165) is 45.4 Å². The van der Waals surface area contributed by atoms with Crippen molar-refractivity contribution in [1.29, 1.82) is 0 Å². The fourth-order valence-electron chi connectivity index (χ4n) is 3.49. The lowest BCUT2D eigenvalue weighted by Gasteiger charge is -2.31. The minimum absolute atomic E-state index is 0. The Kier molecular flexibility index (Phi) is 12.0. The minimum atomic E-state index is -0.215. The SMILES string of the molecule is CCOC(=O)N1CCC(NC(N)=NCCCN2CCCN(C)CC2)CC1.I. The summed E-state index contributed by atoms with van der Waals surface area (Å²) in [6.07, 6.45) is 3.81. The number of halogens is 1. The van der Waals surface area contributed by atoms with Crippen LogP contribution < -0.4 is 11.1 Å². The number of carbonyl (C=O) groups is 1. The summed E-state index contributed by atoms with van der Waals surface area (Å²) >= 11 is 0. The summed E-state index contributed by atoms with van der Waals surface area (Å²) in [5.74, 6) is 0.523. The highest BCUT2D eigenvalue weighted by Crippen LogP contribution is 2.11. The number of hydrogen-bond acceptors (Lipinski definition) is 5. The summed E-state index contributed by atoms with van der Waals surface area (Å²) in [4.78, 5) is 22.8. The van der Waals surface area contributed by atoms with E-state index in [9.17, 15) is 4.79 Å². The van der Waals surface area contributed by atoms with Crippen LogP contribution in [0.1, 0.15) is 32.6 Å². The van der Waals surface area contributed by atoms with Crippen LogP contribution in [0.5, 0.6) is 0 Å². The van der Waals surface area contributed by atoms with E-state index in [2.05, 4.69) is 27.2 Å². The Bertz CT molecular complexity index is 457. The molecule has 2 fully saturated rings. The second kappa shape index (κ2) is 13.4. The molecule has 0 radical (unpaired) electrons. The van der Waals surface area contributed by atoms with E-state index < -0.39 is 0 Å². The van der Waals surface area contributed by atoms with Crippen LogP contribution in [0.3, 0.4) is 0 Å². The van der Waals surface area contributed by atoms with Crippen LogP contribution >= 0.6 is 24.0 Å². The Hall–Kier alpha value is -0.810. The molecule has 1 amide bonds. The molecule has 0 aromatic heterocycles. The van der Waals surface area contributed by atoms with Crippen molar-refractivity contribution in [2.75, 3.05) is 66.0 Å². The van der Waals surface area contributed by atoms with Crippen LogP contribution in [0, 0.1) is 0 Å². The zero-order valence-corrected chi connectivity index (χ0v) is 19.2. The van der Waals surface area contributed by atoms with E-state index in [1.54, 1.807) is 4.90 Å². The molecule has 0 aliphatic carbocycles. The average molecular weight is 496 g/mol. The predicted molar refractivity (Wildman–Crippen MR) is 120 cm³/mol. The van der Waals surface area contributed by atoms with E-state index in [-0.39, 0.29) is 36.1 Å². The first-order valence-electron chi connectivity index (χ1n) is 9.97. The summed E-state index contributed by atoms with van der Waals surface area (Å²) < 4.78 is 5.04. The maximum atomic E-state index is 11.7. The smallest absolute Gasteiger partial charge is 0.409 e. The van der Waals surface area contributed by atoms with Gasteiger partial charge in [0.25, 0.3) is 0 Å². The number of likely N-dealkylation sites (N-methyl/N-ethyl adjacent to an activating group) is 1. The van der Waals surface area contributed by atoms with Gasteiger partial charge in [-0.2, -0.15) is 0 Å². The molecule has 3 N–H and O–H groups in total. The van der Waals surface area contributed by atoms with Crippen LogP contribution in [-0.4, -0.2) is 98.8 Å². The highest BCUT2D eigenvalue weighted by Gasteiger charge is 2.23. The summed E-state index contributed by atoms with van der Waals surface area (Å²) in [5, 5.41) is 3.29. The van der Waals surface area contributed by atoms with Gasteiger partial charge in [0.15, 0.2) is 5.96 Å². The first-order valence-corrected chi connectivity index (χ1v) is 9.97. The summed E-state index contributed by atoms with van der Waals surface area (Å²) in [6.45, 7) is 10.2. The van der Waals surface area contributed by atoms with Gasteiger partial charge in [-0.15, -0.1) is 24.0 Å². The molecule has 9 heteroatoms. The van der Waals surface area contributed by atoms with Crippen molar-refractivity contribution >= 4 is 36.0 Å². The predicted octanol–water partition coefficient (Wildman–Crippen LogP) is 1.16. The Morgan fingerprint density at radius 2 is 1.93 bits per heavy atom. The van der Waals surface area contributed by atoms with Crippen molar-refractivity contribution < 1.29 is 9.53 Å². The van der Waals surface area contributed by atoms with Gasteiger partial charge in [-0.3, -0.25) is 4.99 Å². The van der Waals surface area contributed by atoms with Gasteiger partial charge in [0, 0.05) is 38.8 Å². The lowest BCUT2D eigenvalue weighted by atomic mass is 10.1. The van der Waals surface area contributed by atoms with Gasteiger partial charge >= 0.3 is 6.09 Å². The van der Waals surface area contributed by atoms with E-state index in [1.165, 1.54) is 19.5 Å². The fraction of sp³-hybridized carbons (Fsp3) is 0.889. The molecule has 0 aromatic rings. The zero-order chi connectivity index (χ0) is 18.8. The largest absolute Gasteiger partial charge is 0.450 e. The van der Waals surface area contributed by atoms with Crippen LogP contribution in [0.4, 0.5) is 4.79 Å². The molecule has 2 aliphatic rings. The molecule has 2 aliphatic heterocycles. The van der Waals surface area contributed by atoms with Gasteiger partial charge in [-0.05, 0) is 59.3 Å². The van der Waals surface area contributed by atoms with Crippen LogP contribution in [0.15, 0.2) is 4.99 Å². The highest BCUT2D eigenvalue weighted by molar-refractivity contribution is 14.0. The maximum Gasteiger partial charge on any atom is 0.409 e. The van der Waals surface area contributed by atoms with Crippen LogP contribution in [0.2, 0.25) is 0 Å². The van der Waals surface area contributed by atoms with Gasteiger partial charge in [0.1, 0.15) is 0 Å². The molecular weight excluding hydrogens is 459 g/mol. The van der Waals surface area contributed by atoms with Crippen molar-refractivity contribution in [3.63, 3.8) is 0 Å². The molecular formula is C18H37IN6O2. The van der Waals surface area contributed by atoms with Crippen molar-refractivity contribution in [2.45, 2.75) is 38.6 Å². The van der Waals surface area contributed by atoms with E-state index in [1.807, 2.05) is 6.92 Å². The minimum Gasteiger partial charge on any atom is -0.450 e. The number of piperidine rings is 1. The van der Waals surface area contributed by atoms with Crippen molar-refractivity contribution in [1.82, 2.24) is 20.0 Å². The third kappa shape index (κ3) is 9.29. The topological polar surface area (TPSA) is 86.4 Å². The number of aliphatic imine (C=N–C) groups is 1. The van der Waals surface area contributed by atoms with Crippen molar-refractivity contribution in [3.05, 3.63) is 0 Å². The Morgan fingerprint density at radius 3 is 2.63 bits per heavy atom. The van der Waals surface area contributed by atoms with Gasteiger partial charge in [-0.1, -0.05) is 0 Å². The second-order valence-electron chi connectivity index (χ2n) is 7.22. The number of guanidine groups is 1. The lowest BCUT2D eigenvalue weighted by molar-refractivity contribution is 0.0963. The van der Waals surface area contributed by atoms with E-state index >= 15 is 0 Å². The maximum absolute atomic E-state index is 11.7. The number of likely N-dealkylation sites (tertiary alicyclic amines) is 1. The monoisotopic (exact) mass is 496 g/mol. The molecule has 0 saturated carbocycles. The molecule has 158 valence electrons. The molecule has 0 bridgehead atoms. The van der Waals surface area contributed by atoms with E-state index in [0.29, 0.717) is 25.7 Å². The summed E-state index contributed by atoms with van der Waals surface area (Å²) in [6, 6.07) is 0.283. The van der Waals surface area contributed by atoms with Crippen LogP contribution in [0.25, 0.3) is 0 Å². The number of nitrogens with two attached hydrogens (primary N) is 1. The number of hydrogen-bond donors (Lipinski definition) is 2. The Morgan fingerprint density at radius 1 is 1.19 bits per heavy atom. The molecule has 8 nitrogen and oxygen atoms in total.